The zero-order chi connectivity index (χ0) is 15.8. The Bertz CT molecular complexity index is 471. The molecule has 0 bridgehead atoms. The summed E-state index contributed by atoms with van der Waals surface area (Å²) in [4.78, 5) is 22.0. The van der Waals surface area contributed by atoms with Gasteiger partial charge >= 0.3 is 5.97 Å². The van der Waals surface area contributed by atoms with E-state index in [0.29, 0.717) is 5.92 Å². The van der Waals surface area contributed by atoms with E-state index in [0.717, 1.165) is 18.2 Å². The van der Waals surface area contributed by atoms with Gasteiger partial charge in [0.2, 0.25) is 5.91 Å². The molecule has 1 amide bonds. The van der Waals surface area contributed by atoms with Crippen molar-refractivity contribution in [1.82, 2.24) is 5.32 Å². The first-order valence-corrected chi connectivity index (χ1v) is 8.21. The Labute approximate surface area is 130 Å². The number of thioether (sulfide) groups is 1. The third-order valence-corrected chi connectivity index (χ3v) is 3.97. The average molecular weight is 309 g/mol. The van der Waals surface area contributed by atoms with Crippen molar-refractivity contribution in [3.05, 3.63) is 35.4 Å². The number of aliphatic carboxylic acids is 1. The van der Waals surface area contributed by atoms with Gasteiger partial charge in [0.25, 0.3) is 0 Å². The topological polar surface area (TPSA) is 66.4 Å². The molecule has 0 aliphatic carbocycles. The number of hydrogen-bond acceptors (Lipinski definition) is 3. The van der Waals surface area contributed by atoms with Crippen LogP contribution in [0.2, 0.25) is 0 Å². The number of nitrogens with one attached hydrogen (secondary N) is 1. The van der Waals surface area contributed by atoms with E-state index in [1.807, 2.05) is 6.92 Å². The summed E-state index contributed by atoms with van der Waals surface area (Å²) in [5.41, 5.74) is 2.49. The van der Waals surface area contributed by atoms with E-state index in [2.05, 4.69) is 43.4 Å². The van der Waals surface area contributed by atoms with E-state index in [-0.39, 0.29) is 23.5 Å². The highest BCUT2D eigenvalue weighted by Gasteiger charge is 2.09. The van der Waals surface area contributed by atoms with Gasteiger partial charge in [-0.3, -0.25) is 9.59 Å². The molecular weight excluding hydrogens is 286 g/mol. The van der Waals surface area contributed by atoms with Crippen molar-refractivity contribution < 1.29 is 14.7 Å². The quantitative estimate of drug-likeness (QED) is 0.775. The number of carbonyl (C=O) groups excluding carboxylic acids is 1. The van der Waals surface area contributed by atoms with Gasteiger partial charge in [-0.25, -0.2) is 0 Å². The maximum atomic E-state index is 11.6. The number of benzene rings is 1. The SMILES string of the molecule is CC(Cc1ccc(C(C)C)cc1)NC(=O)CSCC(=O)O. The Hall–Kier alpha value is -1.49. The monoisotopic (exact) mass is 309 g/mol. The molecule has 0 radical (unpaired) electrons. The lowest BCUT2D eigenvalue weighted by atomic mass is 9.99. The molecule has 0 aliphatic heterocycles. The number of carboxylic acids is 1. The molecule has 1 unspecified atom stereocenters. The van der Waals surface area contributed by atoms with Crippen LogP contribution in [0.4, 0.5) is 0 Å². The highest BCUT2D eigenvalue weighted by atomic mass is 32.2. The van der Waals surface area contributed by atoms with Crippen molar-refractivity contribution in [3.8, 4) is 0 Å². The normalized spacial score (nSPS) is 12.2. The van der Waals surface area contributed by atoms with Gasteiger partial charge in [0.15, 0.2) is 0 Å². The van der Waals surface area contributed by atoms with Gasteiger partial charge in [-0.05, 0) is 30.4 Å². The van der Waals surface area contributed by atoms with Gasteiger partial charge in [0.05, 0.1) is 11.5 Å². The Balaban J connectivity index is 2.37. The van der Waals surface area contributed by atoms with Gasteiger partial charge in [0.1, 0.15) is 0 Å². The van der Waals surface area contributed by atoms with Crippen LogP contribution in [-0.2, 0) is 16.0 Å². The third-order valence-electron chi connectivity index (χ3n) is 3.05. The molecule has 1 rings (SSSR count). The van der Waals surface area contributed by atoms with Crippen LogP contribution in [0.3, 0.4) is 0 Å². The van der Waals surface area contributed by atoms with Gasteiger partial charge in [-0.15, -0.1) is 11.8 Å². The highest BCUT2D eigenvalue weighted by molar-refractivity contribution is 8.00. The van der Waals surface area contributed by atoms with Gasteiger partial charge < -0.3 is 10.4 Å². The first kappa shape index (κ1) is 17.6. The minimum Gasteiger partial charge on any atom is -0.481 e. The molecule has 1 aromatic rings. The molecule has 2 N–H and O–H groups in total. The fourth-order valence-corrected chi connectivity index (χ4v) is 2.54. The van der Waals surface area contributed by atoms with Gasteiger partial charge in [-0.1, -0.05) is 38.1 Å². The van der Waals surface area contributed by atoms with Crippen LogP contribution < -0.4 is 5.32 Å². The summed E-state index contributed by atoms with van der Waals surface area (Å²) in [6.45, 7) is 6.27. The van der Waals surface area contributed by atoms with E-state index in [1.165, 1.54) is 11.1 Å². The summed E-state index contributed by atoms with van der Waals surface area (Å²) >= 11 is 1.11. The number of carboxylic acid groups (broad SMARTS) is 1. The van der Waals surface area contributed by atoms with Crippen LogP contribution in [0.15, 0.2) is 24.3 Å². The Morgan fingerprint density at radius 2 is 1.76 bits per heavy atom. The standard InChI is InChI=1S/C16H23NO3S/c1-11(2)14-6-4-13(5-7-14)8-12(3)17-15(18)9-21-10-16(19)20/h4-7,11-12H,8-10H2,1-3H3,(H,17,18)(H,19,20). The summed E-state index contributed by atoms with van der Waals surface area (Å²) in [6.07, 6.45) is 0.772. The molecule has 5 heteroatoms. The first-order valence-electron chi connectivity index (χ1n) is 7.06. The largest absolute Gasteiger partial charge is 0.481 e. The Morgan fingerprint density at radius 3 is 2.29 bits per heavy atom. The minimum atomic E-state index is -0.897. The molecular formula is C16H23NO3S. The molecule has 0 heterocycles. The molecule has 0 fully saturated rings. The van der Waals surface area contributed by atoms with Crippen molar-refractivity contribution in [3.63, 3.8) is 0 Å². The van der Waals surface area contributed by atoms with Crippen LogP contribution in [0, 0.1) is 0 Å². The first-order chi connectivity index (χ1) is 9.88. The predicted molar refractivity (Wildman–Crippen MR) is 86.8 cm³/mol. The fourth-order valence-electron chi connectivity index (χ4n) is 1.99. The Morgan fingerprint density at radius 1 is 1.14 bits per heavy atom. The molecule has 1 atom stereocenters. The Kier molecular flexibility index (Phi) is 7.29. The van der Waals surface area contributed by atoms with E-state index in [9.17, 15) is 9.59 Å². The number of hydrogen-bond donors (Lipinski definition) is 2. The van der Waals surface area contributed by atoms with Crippen molar-refractivity contribution in [2.24, 2.45) is 0 Å². The summed E-state index contributed by atoms with van der Waals surface area (Å²) < 4.78 is 0. The summed E-state index contributed by atoms with van der Waals surface area (Å²) in [7, 11) is 0. The van der Waals surface area contributed by atoms with Crippen LogP contribution in [0.1, 0.15) is 37.8 Å². The fraction of sp³-hybridized carbons (Fsp3) is 0.500. The van der Waals surface area contributed by atoms with Crippen molar-refractivity contribution >= 4 is 23.6 Å². The lowest BCUT2D eigenvalue weighted by Crippen LogP contribution is -2.35. The van der Waals surface area contributed by atoms with Crippen LogP contribution in [0.5, 0.6) is 0 Å². The van der Waals surface area contributed by atoms with Crippen LogP contribution in [-0.4, -0.2) is 34.5 Å². The summed E-state index contributed by atoms with van der Waals surface area (Å²) in [5.74, 6) is -0.359. The zero-order valence-electron chi connectivity index (χ0n) is 12.8. The average Bonchev–Trinajstić information content (AvgIpc) is 2.38. The number of carbonyl (C=O) groups is 2. The molecule has 4 nitrogen and oxygen atoms in total. The van der Waals surface area contributed by atoms with E-state index >= 15 is 0 Å². The molecule has 1 aromatic carbocycles. The van der Waals surface area contributed by atoms with Crippen LogP contribution in [0.25, 0.3) is 0 Å². The zero-order valence-corrected chi connectivity index (χ0v) is 13.6. The van der Waals surface area contributed by atoms with Crippen LogP contribution >= 0.6 is 11.8 Å². The second-order valence-electron chi connectivity index (χ2n) is 5.46. The molecule has 0 saturated carbocycles. The van der Waals surface area contributed by atoms with Gasteiger partial charge in [-0.2, -0.15) is 0 Å². The molecule has 21 heavy (non-hydrogen) atoms. The lowest BCUT2D eigenvalue weighted by Gasteiger charge is -2.14. The molecule has 0 aromatic heterocycles. The lowest BCUT2D eigenvalue weighted by molar-refractivity contribution is -0.133. The van der Waals surface area contributed by atoms with E-state index in [1.54, 1.807) is 0 Å². The van der Waals surface area contributed by atoms with E-state index < -0.39 is 5.97 Å². The van der Waals surface area contributed by atoms with Gasteiger partial charge in [0, 0.05) is 6.04 Å². The number of rotatable bonds is 8. The smallest absolute Gasteiger partial charge is 0.313 e. The summed E-state index contributed by atoms with van der Waals surface area (Å²) in [6, 6.07) is 8.47. The summed E-state index contributed by atoms with van der Waals surface area (Å²) in [5, 5.41) is 11.4. The minimum absolute atomic E-state index is 0.0350. The molecule has 0 saturated heterocycles. The third kappa shape index (κ3) is 7.18. The number of amides is 1. The molecule has 0 aliphatic rings. The van der Waals surface area contributed by atoms with Crippen molar-refractivity contribution in [2.45, 2.75) is 39.2 Å². The van der Waals surface area contributed by atoms with Crippen molar-refractivity contribution in [1.29, 1.82) is 0 Å². The van der Waals surface area contributed by atoms with Crippen molar-refractivity contribution in [2.75, 3.05) is 11.5 Å². The second kappa shape index (κ2) is 8.72. The maximum Gasteiger partial charge on any atom is 0.313 e. The molecule has 116 valence electrons. The maximum absolute atomic E-state index is 11.6. The second-order valence-corrected chi connectivity index (χ2v) is 6.44. The molecule has 0 spiro atoms. The van der Waals surface area contributed by atoms with E-state index in [4.69, 9.17) is 5.11 Å². The highest BCUT2D eigenvalue weighted by Crippen LogP contribution is 2.15. The predicted octanol–water partition coefficient (Wildman–Crippen LogP) is 2.68.